The molecular formula is C17H12ClN3O3S. The van der Waals surface area contributed by atoms with Crippen LogP contribution in [-0.4, -0.2) is 15.9 Å². The van der Waals surface area contributed by atoms with E-state index < -0.39 is 4.92 Å². The predicted molar refractivity (Wildman–Crippen MR) is 100 cm³/mol. The molecule has 0 aliphatic carbocycles. The summed E-state index contributed by atoms with van der Waals surface area (Å²) in [5.74, 6) is -0.316. The van der Waals surface area contributed by atoms with Crippen molar-refractivity contribution in [1.82, 2.24) is 5.32 Å². The molecule has 0 unspecified atom stereocenters. The number of halogens is 1. The minimum absolute atomic E-state index is 0.0145. The van der Waals surface area contributed by atoms with Crippen molar-refractivity contribution in [1.29, 1.82) is 0 Å². The summed E-state index contributed by atoms with van der Waals surface area (Å²) in [5.41, 5.74) is 2.39. The van der Waals surface area contributed by atoms with E-state index in [0.29, 0.717) is 16.3 Å². The summed E-state index contributed by atoms with van der Waals surface area (Å²) in [6.07, 6.45) is 1.59. The molecule has 0 aromatic heterocycles. The zero-order valence-electron chi connectivity index (χ0n) is 13.0. The fourth-order valence-electron chi connectivity index (χ4n) is 2.35. The number of nitro benzene ring substituents is 1. The first kappa shape index (κ1) is 17.1. The number of hydrogen-bond acceptors (Lipinski definition) is 4. The van der Waals surface area contributed by atoms with Crippen molar-refractivity contribution in [2.24, 2.45) is 0 Å². The maximum atomic E-state index is 12.6. The Hall–Kier alpha value is -2.77. The van der Waals surface area contributed by atoms with Crippen molar-refractivity contribution >= 4 is 52.3 Å². The number of amides is 1. The molecule has 8 heteroatoms. The number of thiocarbonyl (C=S) groups is 1. The van der Waals surface area contributed by atoms with Gasteiger partial charge in [-0.1, -0.05) is 17.7 Å². The molecule has 0 atom stereocenters. The van der Waals surface area contributed by atoms with Crippen molar-refractivity contribution in [3.8, 4) is 0 Å². The number of hydrogen-bond donors (Lipinski definition) is 1. The third-order valence-corrected chi connectivity index (χ3v) is 4.40. The third-order valence-electron chi connectivity index (χ3n) is 3.71. The lowest BCUT2D eigenvalue weighted by Crippen LogP contribution is -2.30. The molecule has 25 heavy (non-hydrogen) atoms. The number of carbonyl (C=O) groups is 1. The van der Waals surface area contributed by atoms with Crippen LogP contribution in [0.25, 0.3) is 6.08 Å². The average Bonchev–Trinajstić information content (AvgIpc) is 2.85. The standard InChI is InChI=1S/C17H12ClN3O3S/c1-10-2-5-13(9-14(10)18)20-16(22)15(19-17(20)25)8-11-3-6-12(7-4-11)21(23)24/h2-9H,1H3,(H,19,25)/b15-8-. The highest BCUT2D eigenvalue weighted by atomic mass is 35.5. The Balaban J connectivity index is 1.90. The van der Waals surface area contributed by atoms with Crippen LogP contribution in [0.5, 0.6) is 0 Å². The number of rotatable bonds is 3. The molecular weight excluding hydrogens is 362 g/mol. The van der Waals surface area contributed by atoms with Crippen LogP contribution >= 0.6 is 23.8 Å². The van der Waals surface area contributed by atoms with Crippen LogP contribution in [0.3, 0.4) is 0 Å². The molecule has 1 fully saturated rings. The lowest BCUT2D eigenvalue weighted by molar-refractivity contribution is -0.384. The summed E-state index contributed by atoms with van der Waals surface area (Å²) in [7, 11) is 0. The van der Waals surface area contributed by atoms with E-state index in [9.17, 15) is 14.9 Å². The molecule has 1 aliphatic rings. The first-order valence-corrected chi connectivity index (χ1v) is 8.03. The molecule has 1 heterocycles. The maximum absolute atomic E-state index is 12.6. The Labute approximate surface area is 153 Å². The number of nitrogens with zero attached hydrogens (tertiary/aromatic N) is 2. The highest BCUT2D eigenvalue weighted by molar-refractivity contribution is 7.80. The van der Waals surface area contributed by atoms with E-state index in [2.05, 4.69) is 5.32 Å². The normalized spacial score (nSPS) is 15.6. The SMILES string of the molecule is Cc1ccc(N2C(=O)/C(=C/c3ccc([N+](=O)[O-])cc3)NC2=S)cc1Cl. The van der Waals surface area contributed by atoms with Crippen molar-refractivity contribution in [2.45, 2.75) is 6.92 Å². The minimum Gasteiger partial charge on any atom is -0.327 e. The van der Waals surface area contributed by atoms with E-state index in [1.165, 1.54) is 17.0 Å². The number of nitro groups is 1. The molecule has 0 saturated carbocycles. The summed E-state index contributed by atoms with van der Waals surface area (Å²) in [6.45, 7) is 1.87. The van der Waals surface area contributed by atoms with E-state index in [4.69, 9.17) is 23.8 Å². The largest absolute Gasteiger partial charge is 0.327 e. The van der Waals surface area contributed by atoms with E-state index >= 15 is 0 Å². The fourth-order valence-corrected chi connectivity index (χ4v) is 2.82. The van der Waals surface area contributed by atoms with E-state index in [1.54, 1.807) is 30.3 Å². The molecule has 1 saturated heterocycles. The van der Waals surface area contributed by atoms with Crippen molar-refractivity contribution in [2.75, 3.05) is 4.90 Å². The zero-order chi connectivity index (χ0) is 18.1. The van der Waals surface area contributed by atoms with Gasteiger partial charge in [0.05, 0.1) is 10.6 Å². The second-order valence-corrected chi connectivity index (χ2v) is 6.20. The molecule has 126 valence electrons. The topological polar surface area (TPSA) is 75.5 Å². The Morgan fingerprint density at radius 1 is 1.24 bits per heavy atom. The van der Waals surface area contributed by atoms with Gasteiger partial charge in [0.15, 0.2) is 5.11 Å². The first-order chi connectivity index (χ1) is 11.9. The molecule has 0 radical (unpaired) electrons. The van der Waals surface area contributed by atoms with E-state index in [-0.39, 0.29) is 22.4 Å². The molecule has 3 rings (SSSR count). The van der Waals surface area contributed by atoms with Crippen LogP contribution in [0, 0.1) is 17.0 Å². The summed E-state index contributed by atoms with van der Waals surface area (Å²) in [6, 6.07) is 11.1. The maximum Gasteiger partial charge on any atom is 0.281 e. The highest BCUT2D eigenvalue weighted by Gasteiger charge is 2.32. The van der Waals surface area contributed by atoms with E-state index in [0.717, 1.165) is 5.56 Å². The predicted octanol–water partition coefficient (Wildman–Crippen LogP) is 3.82. The van der Waals surface area contributed by atoms with Crippen LogP contribution in [0.2, 0.25) is 5.02 Å². The van der Waals surface area contributed by atoms with E-state index in [1.807, 2.05) is 13.0 Å². The highest BCUT2D eigenvalue weighted by Crippen LogP contribution is 2.27. The van der Waals surface area contributed by atoms with Crippen LogP contribution in [0.1, 0.15) is 11.1 Å². The molecule has 0 spiro atoms. The fraction of sp³-hybridized carbons (Fsp3) is 0.0588. The minimum atomic E-state index is -0.478. The number of aryl methyl sites for hydroxylation is 1. The molecule has 6 nitrogen and oxygen atoms in total. The van der Waals surface area contributed by atoms with Gasteiger partial charge in [0.1, 0.15) is 5.70 Å². The van der Waals surface area contributed by atoms with Crippen molar-refractivity contribution < 1.29 is 9.72 Å². The summed E-state index contributed by atoms with van der Waals surface area (Å²) >= 11 is 11.4. The van der Waals surface area contributed by atoms with Gasteiger partial charge in [-0.05, 0) is 60.6 Å². The van der Waals surface area contributed by atoms with Crippen molar-refractivity contribution in [3.63, 3.8) is 0 Å². The number of nitrogens with one attached hydrogen (secondary N) is 1. The lowest BCUT2D eigenvalue weighted by atomic mass is 10.1. The summed E-state index contributed by atoms with van der Waals surface area (Å²) in [4.78, 5) is 24.2. The van der Waals surface area contributed by atoms with Gasteiger partial charge in [-0.3, -0.25) is 19.8 Å². The molecule has 0 bridgehead atoms. The molecule has 1 N–H and O–H groups in total. The number of carbonyl (C=O) groups excluding carboxylic acids is 1. The van der Waals surface area contributed by atoms with Crippen LogP contribution in [0.15, 0.2) is 48.2 Å². The summed E-state index contributed by atoms with van der Waals surface area (Å²) < 4.78 is 0. The molecule has 2 aromatic rings. The van der Waals surface area contributed by atoms with Gasteiger partial charge in [-0.25, -0.2) is 0 Å². The van der Waals surface area contributed by atoms with Crippen LogP contribution in [-0.2, 0) is 4.79 Å². The quantitative estimate of drug-likeness (QED) is 0.383. The van der Waals surface area contributed by atoms with Gasteiger partial charge in [-0.2, -0.15) is 0 Å². The van der Waals surface area contributed by atoms with Crippen LogP contribution < -0.4 is 10.2 Å². The number of benzene rings is 2. The van der Waals surface area contributed by atoms with Gasteiger partial charge < -0.3 is 5.32 Å². The van der Waals surface area contributed by atoms with Gasteiger partial charge >= 0.3 is 0 Å². The van der Waals surface area contributed by atoms with Gasteiger partial charge in [0.2, 0.25) is 0 Å². The van der Waals surface area contributed by atoms with Crippen molar-refractivity contribution in [3.05, 3.63) is 74.4 Å². The average molecular weight is 374 g/mol. The van der Waals surface area contributed by atoms with Gasteiger partial charge in [0.25, 0.3) is 11.6 Å². The Morgan fingerprint density at radius 2 is 1.92 bits per heavy atom. The van der Waals surface area contributed by atoms with Gasteiger partial charge in [0, 0.05) is 17.2 Å². The first-order valence-electron chi connectivity index (χ1n) is 7.24. The second-order valence-electron chi connectivity index (χ2n) is 5.41. The monoisotopic (exact) mass is 373 g/mol. The smallest absolute Gasteiger partial charge is 0.281 e. The Bertz CT molecular complexity index is 925. The number of anilines is 1. The second kappa shape index (κ2) is 6.62. The summed E-state index contributed by atoms with van der Waals surface area (Å²) in [5, 5.41) is 14.3. The van der Waals surface area contributed by atoms with Crippen LogP contribution in [0.4, 0.5) is 11.4 Å². The lowest BCUT2D eigenvalue weighted by Gasteiger charge is -2.14. The van der Waals surface area contributed by atoms with Gasteiger partial charge in [-0.15, -0.1) is 0 Å². The Kier molecular flexibility index (Phi) is 4.52. The Morgan fingerprint density at radius 3 is 2.52 bits per heavy atom. The number of non-ortho nitro benzene ring substituents is 1. The third kappa shape index (κ3) is 3.38. The zero-order valence-corrected chi connectivity index (χ0v) is 14.6. The molecule has 2 aromatic carbocycles. The molecule has 1 aliphatic heterocycles. The molecule has 1 amide bonds.